The summed E-state index contributed by atoms with van der Waals surface area (Å²) in [5.41, 5.74) is 2.57. The standard InChI is InChI=1S/C17H20ClN/c18-17(14-19-12-4-5-13-19)10-8-16(9-11-17)15-6-2-1-3-7-15/h1-3,6-10H,4-5,11-14H2. The Bertz CT molecular complexity index is 485. The van der Waals surface area contributed by atoms with Crippen LogP contribution in [0.4, 0.5) is 0 Å². The van der Waals surface area contributed by atoms with E-state index >= 15 is 0 Å². The molecule has 0 spiro atoms. The number of allylic oxidation sites excluding steroid dienone is 3. The molecular weight excluding hydrogens is 254 g/mol. The second kappa shape index (κ2) is 5.52. The number of benzene rings is 1. The largest absolute Gasteiger partial charge is 0.301 e. The first-order valence-corrected chi connectivity index (χ1v) is 7.49. The highest BCUT2D eigenvalue weighted by atomic mass is 35.5. The maximum absolute atomic E-state index is 6.73. The van der Waals surface area contributed by atoms with Gasteiger partial charge in [0.25, 0.3) is 0 Å². The molecule has 3 rings (SSSR count). The minimum absolute atomic E-state index is 0.206. The van der Waals surface area contributed by atoms with E-state index < -0.39 is 0 Å². The topological polar surface area (TPSA) is 3.24 Å². The molecule has 1 heterocycles. The van der Waals surface area contributed by atoms with Crippen molar-refractivity contribution in [3.05, 3.63) is 54.1 Å². The van der Waals surface area contributed by atoms with Gasteiger partial charge in [-0.2, -0.15) is 0 Å². The molecule has 1 aliphatic carbocycles. The number of likely N-dealkylation sites (tertiary alicyclic amines) is 1. The number of hydrogen-bond donors (Lipinski definition) is 0. The van der Waals surface area contributed by atoms with Crippen LogP contribution in [0.1, 0.15) is 24.8 Å². The molecular formula is C17H20ClN. The second-order valence-electron chi connectivity index (χ2n) is 5.58. The number of nitrogens with zero attached hydrogens (tertiary/aromatic N) is 1. The minimum atomic E-state index is -0.206. The van der Waals surface area contributed by atoms with Crippen molar-refractivity contribution < 1.29 is 0 Å². The highest BCUT2D eigenvalue weighted by Gasteiger charge is 2.29. The molecule has 1 fully saturated rings. The summed E-state index contributed by atoms with van der Waals surface area (Å²) in [5.74, 6) is 0. The summed E-state index contributed by atoms with van der Waals surface area (Å²) in [6.45, 7) is 3.39. The van der Waals surface area contributed by atoms with Gasteiger partial charge in [0.2, 0.25) is 0 Å². The molecule has 0 aromatic heterocycles. The Morgan fingerprint density at radius 3 is 2.47 bits per heavy atom. The Hall–Kier alpha value is -1.05. The predicted molar refractivity (Wildman–Crippen MR) is 82.4 cm³/mol. The minimum Gasteiger partial charge on any atom is -0.301 e. The van der Waals surface area contributed by atoms with E-state index in [1.807, 2.05) is 0 Å². The van der Waals surface area contributed by atoms with Gasteiger partial charge in [-0.1, -0.05) is 48.6 Å². The van der Waals surface area contributed by atoms with Crippen molar-refractivity contribution in [2.45, 2.75) is 24.1 Å². The lowest BCUT2D eigenvalue weighted by molar-refractivity contribution is 0.314. The second-order valence-corrected chi connectivity index (χ2v) is 6.33. The Balaban J connectivity index is 1.68. The Kier molecular flexibility index (Phi) is 3.76. The van der Waals surface area contributed by atoms with Crippen LogP contribution in [-0.2, 0) is 0 Å². The molecule has 1 aromatic rings. The van der Waals surface area contributed by atoms with Gasteiger partial charge in [-0.3, -0.25) is 0 Å². The van der Waals surface area contributed by atoms with E-state index in [1.165, 1.54) is 37.1 Å². The molecule has 19 heavy (non-hydrogen) atoms. The lowest BCUT2D eigenvalue weighted by Gasteiger charge is -2.30. The van der Waals surface area contributed by atoms with Gasteiger partial charge in [0, 0.05) is 6.54 Å². The van der Waals surface area contributed by atoms with Crippen LogP contribution >= 0.6 is 11.6 Å². The average Bonchev–Trinajstić information content (AvgIpc) is 2.93. The van der Waals surface area contributed by atoms with E-state index in [9.17, 15) is 0 Å². The van der Waals surface area contributed by atoms with Crippen molar-refractivity contribution in [3.63, 3.8) is 0 Å². The van der Waals surface area contributed by atoms with Gasteiger partial charge in [0.15, 0.2) is 0 Å². The van der Waals surface area contributed by atoms with Crippen LogP contribution in [0, 0.1) is 0 Å². The summed E-state index contributed by atoms with van der Waals surface area (Å²) in [4.78, 5) is 2.28. The van der Waals surface area contributed by atoms with Crippen LogP contribution in [0.2, 0.25) is 0 Å². The highest BCUT2D eigenvalue weighted by molar-refractivity contribution is 6.26. The van der Waals surface area contributed by atoms with Crippen LogP contribution < -0.4 is 0 Å². The van der Waals surface area contributed by atoms with E-state index in [-0.39, 0.29) is 4.87 Å². The van der Waals surface area contributed by atoms with Gasteiger partial charge in [0.05, 0.1) is 4.87 Å². The number of alkyl halides is 1. The van der Waals surface area contributed by atoms with Crippen molar-refractivity contribution in [1.82, 2.24) is 4.90 Å². The summed E-state index contributed by atoms with van der Waals surface area (Å²) < 4.78 is 0. The first-order valence-electron chi connectivity index (χ1n) is 7.11. The van der Waals surface area contributed by atoms with E-state index in [4.69, 9.17) is 11.6 Å². The van der Waals surface area contributed by atoms with Crippen LogP contribution in [-0.4, -0.2) is 29.4 Å². The van der Waals surface area contributed by atoms with Crippen LogP contribution in [0.25, 0.3) is 5.57 Å². The van der Waals surface area contributed by atoms with Crippen LogP contribution in [0.3, 0.4) is 0 Å². The summed E-state index contributed by atoms with van der Waals surface area (Å²) in [5, 5.41) is 0. The Morgan fingerprint density at radius 1 is 1.11 bits per heavy atom. The Morgan fingerprint density at radius 2 is 1.84 bits per heavy atom. The van der Waals surface area contributed by atoms with Crippen LogP contribution in [0.15, 0.2) is 48.6 Å². The molecule has 0 bridgehead atoms. The molecule has 1 aliphatic heterocycles. The molecule has 0 N–H and O–H groups in total. The lowest BCUT2D eigenvalue weighted by Crippen LogP contribution is -2.36. The van der Waals surface area contributed by atoms with Gasteiger partial charge >= 0.3 is 0 Å². The van der Waals surface area contributed by atoms with Crippen molar-refractivity contribution in [1.29, 1.82) is 0 Å². The fourth-order valence-corrected chi connectivity index (χ4v) is 3.24. The number of hydrogen-bond acceptors (Lipinski definition) is 1. The molecule has 1 atom stereocenters. The summed E-state index contributed by atoms with van der Waals surface area (Å²) in [6.07, 6.45) is 10.2. The fourth-order valence-electron chi connectivity index (χ4n) is 2.93. The van der Waals surface area contributed by atoms with Gasteiger partial charge < -0.3 is 4.90 Å². The van der Waals surface area contributed by atoms with E-state index in [0.29, 0.717) is 0 Å². The maximum Gasteiger partial charge on any atom is 0.0790 e. The van der Waals surface area contributed by atoms with Gasteiger partial charge in [-0.25, -0.2) is 0 Å². The summed E-state index contributed by atoms with van der Waals surface area (Å²) >= 11 is 6.73. The maximum atomic E-state index is 6.73. The molecule has 2 heteroatoms. The Labute approximate surface area is 120 Å². The zero-order valence-corrected chi connectivity index (χ0v) is 11.9. The van der Waals surface area contributed by atoms with Gasteiger partial charge in [-0.15, -0.1) is 11.6 Å². The van der Waals surface area contributed by atoms with Crippen molar-refractivity contribution in [2.24, 2.45) is 0 Å². The molecule has 1 saturated heterocycles. The molecule has 0 saturated carbocycles. The first-order chi connectivity index (χ1) is 9.25. The molecule has 0 radical (unpaired) electrons. The number of halogens is 1. The van der Waals surface area contributed by atoms with Crippen molar-refractivity contribution in [3.8, 4) is 0 Å². The molecule has 2 aliphatic rings. The summed E-state index contributed by atoms with van der Waals surface area (Å²) in [7, 11) is 0. The third-order valence-electron chi connectivity index (χ3n) is 4.02. The smallest absolute Gasteiger partial charge is 0.0790 e. The number of rotatable bonds is 3. The monoisotopic (exact) mass is 273 g/mol. The highest BCUT2D eigenvalue weighted by Crippen LogP contribution is 2.32. The first kappa shape index (κ1) is 13.0. The quantitative estimate of drug-likeness (QED) is 0.750. The normalized spacial score (nSPS) is 27.5. The fraction of sp³-hybridized carbons (Fsp3) is 0.412. The SMILES string of the molecule is ClC1(CN2CCCC2)C=CC(c2ccccc2)=CC1. The van der Waals surface area contributed by atoms with Crippen molar-refractivity contribution >= 4 is 17.2 Å². The van der Waals surface area contributed by atoms with Gasteiger partial charge in [-0.05, 0) is 43.5 Å². The zero-order chi connectivity index (χ0) is 13.1. The molecule has 1 unspecified atom stereocenters. The molecule has 0 amide bonds. The third-order valence-corrected chi connectivity index (χ3v) is 4.41. The average molecular weight is 274 g/mol. The predicted octanol–water partition coefficient (Wildman–Crippen LogP) is 4.10. The van der Waals surface area contributed by atoms with E-state index in [0.717, 1.165) is 13.0 Å². The molecule has 100 valence electrons. The zero-order valence-electron chi connectivity index (χ0n) is 11.2. The van der Waals surface area contributed by atoms with E-state index in [1.54, 1.807) is 0 Å². The van der Waals surface area contributed by atoms with Crippen LogP contribution in [0.5, 0.6) is 0 Å². The molecule has 1 nitrogen and oxygen atoms in total. The summed E-state index contributed by atoms with van der Waals surface area (Å²) in [6, 6.07) is 10.5. The third kappa shape index (κ3) is 3.10. The van der Waals surface area contributed by atoms with Gasteiger partial charge in [0.1, 0.15) is 0 Å². The van der Waals surface area contributed by atoms with E-state index in [2.05, 4.69) is 53.5 Å². The lowest BCUT2D eigenvalue weighted by atomic mass is 9.92. The molecule has 1 aromatic carbocycles. The van der Waals surface area contributed by atoms with Crippen molar-refractivity contribution in [2.75, 3.05) is 19.6 Å².